The second-order valence-electron chi connectivity index (χ2n) is 6.56. The molecule has 0 spiro atoms. The van der Waals surface area contributed by atoms with Crippen molar-refractivity contribution in [1.82, 2.24) is 15.5 Å². The monoisotopic (exact) mass is 382 g/mol. The van der Waals surface area contributed by atoms with E-state index >= 15 is 0 Å². The Morgan fingerprint density at radius 3 is 2.63 bits per heavy atom. The Bertz CT molecular complexity index is 619. The van der Waals surface area contributed by atoms with E-state index < -0.39 is 6.61 Å². The number of rotatable bonds is 10. The first kappa shape index (κ1) is 20.9. The Labute approximate surface area is 159 Å². The van der Waals surface area contributed by atoms with Crippen molar-refractivity contribution in [3.8, 4) is 5.75 Å². The number of ether oxygens (including phenoxy) is 1. The van der Waals surface area contributed by atoms with E-state index in [4.69, 9.17) is 0 Å². The molecule has 0 heterocycles. The molecule has 0 radical (unpaired) electrons. The van der Waals surface area contributed by atoms with Gasteiger partial charge in [-0.3, -0.25) is 9.79 Å². The van der Waals surface area contributed by atoms with Crippen LogP contribution in [0.15, 0.2) is 29.3 Å². The van der Waals surface area contributed by atoms with Crippen LogP contribution < -0.4 is 15.4 Å². The van der Waals surface area contributed by atoms with Gasteiger partial charge in [0.15, 0.2) is 5.96 Å². The highest BCUT2D eigenvalue weighted by molar-refractivity contribution is 5.80. The van der Waals surface area contributed by atoms with Crippen molar-refractivity contribution in [2.24, 2.45) is 4.99 Å². The third-order valence-corrected chi connectivity index (χ3v) is 4.03. The minimum absolute atomic E-state index is 0.0946. The van der Waals surface area contributed by atoms with Crippen LogP contribution in [0.25, 0.3) is 0 Å². The predicted molar refractivity (Wildman–Crippen MR) is 101 cm³/mol. The number of carbonyl (C=O) groups excluding carboxylic acids is 1. The van der Waals surface area contributed by atoms with Crippen molar-refractivity contribution in [3.63, 3.8) is 0 Å². The van der Waals surface area contributed by atoms with Gasteiger partial charge in [-0.1, -0.05) is 12.1 Å². The zero-order valence-electron chi connectivity index (χ0n) is 15.9. The molecule has 1 aromatic rings. The lowest BCUT2D eigenvalue weighted by atomic mass is 10.2. The highest BCUT2D eigenvalue weighted by Crippen LogP contribution is 2.18. The molecule has 1 aliphatic carbocycles. The zero-order chi connectivity index (χ0) is 19.6. The van der Waals surface area contributed by atoms with Crippen LogP contribution >= 0.6 is 0 Å². The Morgan fingerprint density at radius 2 is 2.04 bits per heavy atom. The van der Waals surface area contributed by atoms with Gasteiger partial charge in [-0.2, -0.15) is 8.78 Å². The number of hydrogen-bond donors (Lipinski definition) is 2. The lowest BCUT2D eigenvalue weighted by molar-refractivity contribution is -0.121. The highest BCUT2D eigenvalue weighted by atomic mass is 19.3. The van der Waals surface area contributed by atoms with Gasteiger partial charge in [0.25, 0.3) is 0 Å². The van der Waals surface area contributed by atoms with E-state index in [-0.39, 0.29) is 11.7 Å². The maximum atomic E-state index is 12.2. The van der Waals surface area contributed by atoms with E-state index in [1.807, 2.05) is 18.9 Å². The van der Waals surface area contributed by atoms with Gasteiger partial charge in [0, 0.05) is 39.1 Å². The molecule has 150 valence electrons. The highest BCUT2D eigenvalue weighted by Gasteiger charge is 2.22. The number of benzene rings is 1. The summed E-state index contributed by atoms with van der Waals surface area (Å²) in [7, 11) is 1.91. The van der Waals surface area contributed by atoms with Gasteiger partial charge >= 0.3 is 6.61 Å². The fraction of sp³-hybridized carbons (Fsp3) is 0.579. The summed E-state index contributed by atoms with van der Waals surface area (Å²) >= 11 is 0. The molecule has 1 fully saturated rings. The number of nitrogens with zero attached hydrogens (tertiary/aromatic N) is 2. The molecule has 0 bridgehead atoms. The van der Waals surface area contributed by atoms with Gasteiger partial charge in [0.05, 0.1) is 0 Å². The Hall–Kier alpha value is -2.38. The van der Waals surface area contributed by atoms with Crippen LogP contribution in [0.1, 0.15) is 38.2 Å². The van der Waals surface area contributed by atoms with Crippen LogP contribution in [0, 0.1) is 0 Å². The lowest BCUT2D eigenvalue weighted by Crippen LogP contribution is -2.38. The molecular weight excluding hydrogens is 354 g/mol. The maximum absolute atomic E-state index is 12.2. The van der Waals surface area contributed by atoms with Gasteiger partial charge in [-0.05, 0) is 43.9 Å². The lowest BCUT2D eigenvalue weighted by Gasteiger charge is -2.22. The van der Waals surface area contributed by atoms with E-state index in [0.29, 0.717) is 32.0 Å². The number of hydrogen-bond acceptors (Lipinski definition) is 3. The Morgan fingerprint density at radius 1 is 1.33 bits per heavy atom. The first-order valence-electron chi connectivity index (χ1n) is 9.30. The predicted octanol–water partition coefficient (Wildman–Crippen LogP) is 2.74. The number of halogens is 2. The molecule has 0 aromatic heterocycles. The van der Waals surface area contributed by atoms with Gasteiger partial charge in [-0.15, -0.1) is 0 Å². The minimum atomic E-state index is -2.82. The third-order valence-electron chi connectivity index (χ3n) is 4.03. The van der Waals surface area contributed by atoms with Crippen molar-refractivity contribution in [2.75, 3.05) is 20.1 Å². The van der Waals surface area contributed by atoms with E-state index in [2.05, 4.69) is 20.4 Å². The topological polar surface area (TPSA) is 66.0 Å². The van der Waals surface area contributed by atoms with E-state index in [1.54, 1.807) is 12.1 Å². The SMILES string of the molecule is CCNC(=NCCCC(=O)NC1CC1)N(C)Cc1ccc(OC(F)F)cc1. The summed E-state index contributed by atoms with van der Waals surface area (Å²) in [5.74, 6) is 0.978. The Kier molecular flexibility index (Phi) is 8.29. The zero-order valence-corrected chi connectivity index (χ0v) is 15.9. The minimum Gasteiger partial charge on any atom is -0.435 e. The average Bonchev–Trinajstić information content (AvgIpc) is 3.42. The smallest absolute Gasteiger partial charge is 0.387 e. The molecule has 6 nitrogen and oxygen atoms in total. The molecule has 0 unspecified atom stereocenters. The molecule has 1 aromatic carbocycles. The number of amides is 1. The number of alkyl halides is 2. The fourth-order valence-corrected chi connectivity index (χ4v) is 2.55. The summed E-state index contributed by atoms with van der Waals surface area (Å²) in [6, 6.07) is 6.94. The van der Waals surface area contributed by atoms with Crippen molar-refractivity contribution >= 4 is 11.9 Å². The summed E-state index contributed by atoms with van der Waals surface area (Å²) in [6.45, 7) is 1.03. The molecule has 2 rings (SSSR count). The van der Waals surface area contributed by atoms with Crippen LogP contribution in [0.3, 0.4) is 0 Å². The van der Waals surface area contributed by atoms with Crippen LogP contribution in [-0.4, -0.2) is 49.6 Å². The normalized spacial score (nSPS) is 14.2. The second kappa shape index (κ2) is 10.7. The Balaban J connectivity index is 1.81. The van der Waals surface area contributed by atoms with Crippen LogP contribution in [-0.2, 0) is 11.3 Å². The van der Waals surface area contributed by atoms with Crippen molar-refractivity contribution in [1.29, 1.82) is 0 Å². The first-order valence-corrected chi connectivity index (χ1v) is 9.30. The van der Waals surface area contributed by atoms with Crippen LogP contribution in [0.4, 0.5) is 8.78 Å². The van der Waals surface area contributed by atoms with Gasteiger partial charge in [-0.25, -0.2) is 0 Å². The number of carbonyl (C=O) groups is 1. The quantitative estimate of drug-likeness (QED) is 0.371. The fourth-order valence-electron chi connectivity index (χ4n) is 2.55. The molecule has 1 aliphatic rings. The molecule has 1 saturated carbocycles. The first-order chi connectivity index (χ1) is 13.0. The number of guanidine groups is 1. The maximum Gasteiger partial charge on any atom is 0.387 e. The number of nitrogens with one attached hydrogen (secondary N) is 2. The van der Waals surface area contributed by atoms with Gasteiger partial charge in [0.1, 0.15) is 5.75 Å². The largest absolute Gasteiger partial charge is 0.435 e. The van der Waals surface area contributed by atoms with E-state index in [1.165, 1.54) is 12.1 Å². The third kappa shape index (κ3) is 8.23. The molecular formula is C19H28F2N4O2. The summed E-state index contributed by atoms with van der Waals surface area (Å²) < 4.78 is 28.8. The molecule has 0 atom stereocenters. The van der Waals surface area contributed by atoms with Crippen molar-refractivity contribution in [3.05, 3.63) is 29.8 Å². The summed E-state index contributed by atoms with van der Waals surface area (Å²) in [5, 5.41) is 6.19. The summed E-state index contributed by atoms with van der Waals surface area (Å²) in [4.78, 5) is 18.2. The van der Waals surface area contributed by atoms with E-state index in [0.717, 1.165) is 30.9 Å². The van der Waals surface area contributed by atoms with Gasteiger partial charge in [0.2, 0.25) is 5.91 Å². The van der Waals surface area contributed by atoms with Crippen LogP contribution in [0.2, 0.25) is 0 Å². The van der Waals surface area contributed by atoms with Crippen LogP contribution in [0.5, 0.6) is 5.75 Å². The molecule has 27 heavy (non-hydrogen) atoms. The molecule has 0 saturated heterocycles. The molecule has 2 N–H and O–H groups in total. The summed E-state index contributed by atoms with van der Waals surface area (Å²) in [6.07, 6.45) is 3.36. The molecule has 1 amide bonds. The molecule has 0 aliphatic heterocycles. The number of aliphatic imine (C=N–C) groups is 1. The van der Waals surface area contributed by atoms with Gasteiger partial charge < -0.3 is 20.3 Å². The summed E-state index contributed by atoms with van der Waals surface area (Å²) in [5.41, 5.74) is 0.952. The standard InChI is InChI=1S/C19H28F2N4O2/c1-3-22-19(23-12-4-5-17(26)24-15-8-9-15)25(2)13-14-6-10-16(11-7-14)27-18(20)21/h6-7,10-11,15,18H,3-5,8-9,12-13H2,1-2H3,(H,22,23)(H,24,26). The van der Waals surface area contributed by atoms with Crippen molar-refractivity contribution < 1.29 is 18.3 Å². The van der Waals surface area contributed by atoms with E-state index in [9.17, 15) is 13.6 Å². The molecule has 8 heteroatoms. The average molecular weight is 382 g/mol. The van der Waals surface area contributed by atoms with Crippen molar-refractivity contribution in [2.45, 2.75) is 51.8 Å². The second-order valence-corrected chi connectivity index (χ2v) is 6.56.